The molecule has 2 aromatic heterocycles. The van der Waals surface area contributed by atoms with E-state index in [0.29, 0.717) is 16.4 Å². The largest absolute Gasteiger partial charge is 0.453 e. The number of para-hydroxylation sites is 2. The fourth-order valence-electron chi connectivity index (χ4n) is 3.19. The summed E-state index contributed by atoms with van der Waals surface area (Å²) in [6.07, 6.45) is 0.799. The third-order valence-electron chi connectivity index (χ3n) is 4.64. The van der Waals surface area contributed by atoms with Gasteiger partial charge < -0.3 is 9.15 Å². The summed E-state index contributed by atoms with van der Waals surface area (Å²) in [7, 11) is 0. The number of furan rings is 1. The predicted molar refractivity (Wildman–Crippen MR) is 116 cm³/mol. The van der Waals surface area contributed by atoms with E-state index < -0.39 is 5.97 Å². The number of aryl methyl sites for hydroxylation is 1. The second-order valence-corrected chi connectivity index (χ2v) is 7.52. The Bertz CT molecular complexity index is 1180. The highest BCUT2D eigenvalue weighted by Gasteiger charge is 2.21. The van der Waals surface area contributed by atoms with Gasteiger partial charge in [-0.15, -0.1) is 11.3 Å². The molecule has 0 saturated carbocycles. The molecule has 2 heterocycles. The summed E-state index contributed by atoms with van der Waals surface area (Å²) in [6.45, 7) is 3.55. The number of esters is 1. The van der Waals surface area contributed by atoms with Crippen molar-refractivity contribution in [2.24, 2.45) is 0 Å². The third-order valence-corrected chi connectivity index (χ3v) is 5.51. The van der Waals surface area contributed by atoms with Crippen LogP contribution in [-0.4, -0.2) is 16.9 Å². The summed E-state index contributed by atoms with van der Waals surface area (Å²) in [5.74, 6) is -0.537. The maximum atomic E-state index is 12.4. The molecule has 0 fully saturated rings. The number of hydrogen-bond donors (Lipinski definition) is 0. The number of rotatable bonds is 6. The van der Waals surface area contributed by atoms with Gasteiger partial charge in [-0.05, 0) is 30.2 Å². The van der Waals surface area contributed by atoms with Crippen LogP contribution in [0.5, 0.6) is 0 Å². The Hall–Kier alpha value is -3.45. The van der Waals surface area contributed by atoms with E-state index in [4.69, 9.17) is 9.15 Å². The van der Waals surface area contributed by atoms with Crippen molar-refractivity contribution < 1.29 is 18.7 Å². The summed E-state index contributed by atoms with van der Waals surface area (Å²) >= 11 is 1.33. The molecule has 7 heteroatoms. The Balaban J connectivity index is 1.50. The summed E-state index contributed by atoms with van der Waals surface area (Å²) in [4.78, 5) is 30.8. The van der Waals surface area contributed by atoms with Gasteiger partial charge in [0.1, 0.15) is 12.2 Å². The molecule has 0 atom stereocenters. The number of fused-ring (bicyclic) bond motifs is 1. The van der Waals surface area contributed by atoms with Gasteiger partial charge in [-0.1, -0.05) is 43.3 Å². The van der Waals surface area contributed by atoms with Crippen LogP contribution in [0.25, 0.3) is 11.0 Å². The highest BCUT2D eigenvalue weighted by atomic mass is 32.1. The van der Waals surface area contributed by atoms with Gasteiger partial charge in [-0.2, -0.15) is 0 Å². The zero-order valence-corrected chi connectivity index (χ0v) is 17.4. The number of benzene rings is 2. The van der Waals surface area contributed by atoms with E-state index in [-0.39, 0.29) is 18.3 Å². The number of carbonyl (C=O) groups excluding carboxylic acids is 2. The second-order valence-electron chi connectivity index (χ2n) is 6.68. The quantitative estimate of drug-likeness (QED) is 0.386. The fraction of sp³-hybridized carbons (Fsp3) is 0.174. The Kier molecular flexibility index (Phi) is 5.63. The van der Waals surface area contributed by atoms with Crippen LogP contribution in [0, 0.1) is 0 Å². The number of carbonyl (C=O) groups is 2. The van der Waals surface area contributed by atoms with Crippen LogP contribution >= 0.6 is 11.3 Å². The lowest BCUT2D eigenvalue weighted by atomic mass is 10.1. The average molecular weight is 420 g/mol. The van der Waals surface area contributed by atoms with Gasteiger partial charge in [0.05, 0.1) is 11.4 Å². The van der Waals surface area contributed by atoms with Crippen LogP contribution in [0.15, 0.2) is 64.4 Å². The highest BCUT2D eigenvalue weighted by Crippen LogP contribution is 2.32. The molecule has 2 aromatic carbocycles. The van der Waals surface area contributed by atoms with Gasteiger partial charge in [0.15, 0.2) is 5.13 Å². The first-order valence-electron chi connectivity index (χ1n) is 9.55. The first-order valence-corrected chi connectivity index (χ1v) is 10.4. The van der Waals surface area contributed by atoms with Crippen LogP contribution in [0.4, 0.5) is 10.8 Å². The summed E-state index contributed by atoms with van der Waals surface area (Å²) in [5.41, 5.74) is 3.07. The van der Waals surface area contributed by atoms with Crippen molar-refractivity contribution >= 4 is 45.0 Å². The first kappa shape index (κ1) is 19.8. The van der Waals surface area contributed by atoms with E-state index in [1.54, 1.807) is 22.4 Å². The van der Waals surface area contributed by atoms with E-state index in [2.05, 4.69) is 4.98 Å². The number of thiazole rings is 1. The first-order chi connectivity index (χ1) is 14.6. The zero-order chi connectivity index (χ0) is 21.1. The maximum Gasteiger partial charge on any atom is 0.374 e. The number of aromatic nitrogens is 1. The molecule has 152 valence electrons. The van der Waals surface area contributed by atoms with Gasteiger partial charge in [-0.25, -0.2) is 9.78 Å². The molecule has 0 radical (unpaired) electrons. The Morgan fingerprint density at radius 2 is 1.90 bits per heavy atom. The second kappa shape index (κ2) is 8.51. The van der Waals surface area contributed by atoms with E-state index in [1.807, 2.05) is 49.4 Å². The summed E-state index contributed by atoms with van der Waals surface area (Å²) in [5, 5.41) is 3.16. The van der Waals surface area contributed by atoms with E-state index >= 15 is 0 Å². The smallest absolute Gasteiger partial charge is 0.374 e. The van der Waals surface area contributed by atoms with Crippen LogP contribution in [-0.2, 0) is 22.6 Å². The van der Waals surface area contributed by atoms with Crippen LogP contribution in [0.3, 0.4) is 0 Å². The molecule has 0 N–H and O–H groups in total. The number of amides is 1. The lowest BCUT2D eigenvalue weighted by molar-refractivity contribution is -0.115. The van der Waals surface area contributed by atoms with Gasteiger partial charge in [0, 0.05) is 17.7 Å². The highest BCUT2D eigenvalue weighted by molar-refractivity contribution is 7.14. The molecule has 0 aliphatic heterocycles. The molecule has 4 rings (SSSR count). The Morgan fingerprint density at radius 3 is 2.67 bits per heavy atom. The fourth-order valence-corrected chi connectivity index (χ4v) is 4.06. The number of anilines is 2. The molecule has 1 amide bonds. The zero-order valence-electron chi connectivity index (χ0n) is 16.6. The maximum absolute atomic E-state index is 12.4. The van der Waals surface area contributed by atoms with Gasteiger partial charge in [0.2, 0.25) is 11.7 Å². The summed E-state index contributed by atoms with van der Waals surface area (Å²) < 4.78 is 10.9. The normalized spacial score (nSPS) is 10.9. The minimum atomic E-state index is -0.555. The summed E-state index contributed by atoms with van der Waals surface area (Å²) in [6, 6.07) is 16.8. The number of nitrogens with zero attached hydrogens (tertiary/aromatic N) is 2. The van der Waals surface area contributed by atoms with E-state index in [0.717, 1.165) is 23.1 Å². The van der Waals surface area contributed by atoms with Gasteiger partial charge in [-0.3, -0.25) is 9.69 Å². The minimum absolute atomic E-state index is 0.00640. The molecule has 0 spiro atoms. The molecular weight excluding hydrogens is 400 g/mol. The molecular formula is C23H20N2O4S. The molecule has 0 aliphatic rings. The molecule has 0 aliphatic carbocycles. The molecule has 30 heavy (non-hydrogen) atoms. The van der Waals surface area contributed by atoms with Crippen molar-refractivity contribution in [2.75, 3.05) is 4.90 Å². The van der Waals surface area contributed by atoms with Crippen LogP contribution < -0.4 is 4.90 Å². The molecule has 0 bridgehead atoms. The standard InChI is InChI=1S/C23H20N2O4S/c1-3-16-8-4-6-10-19(16)25(15(2)26)23-24-18(14-30-23)13-28-22(27)21-12-17-9-5-7-11-20(17)29-21/h4-12,14H,3,13H2,1-2H3. The average Bonchev–Trinajstić information content (AvgIpc) is 3.39. The van der Waals surface area contributed by atoms with E-state index in [1.165, 1.54) is 18.3 Å². The van der Waals surface area contributed by atoms with Crippen molar-refractivity contribution in [2.45, 2.75) is 26.9 Å². The van der Waals surface area contributed by atoms with Crippen molar-refractivity contribution in [3.05, 3.63) is 77.0 Å². The lowest BCUT2D eigenvalue weighted by Gasteiger charge is -2.20. The monoisotopic (exact) mass is 420 g/mol. The SMILES string of the molecule is CCc1ccccc1N(C(C)=O)c1nc(COC(=O)c2cc3ccccc3o2)cs1. The lowest BCUT2D eigenvalue weighted by Crippen LogP contribution is -2.23. The van der Waals surface area contributed by atoms with Crippen molar-refractivity contribution in [1.29, 1.82) is 0 Å². The van der Waals surface area contributed by atoms with E-state index in [9.17, 15) is 9.59 Å². The predicted octanol–water partition coefficient (Wildman–Crippen LogP) is 5.49. The molecule has 0 unspecified atom stereocenters. The molecule has 0 saturated heterocycles. The van der Waals surface area contributed by atoms with Crippen LogP contribution in [0.2, 0.25) is 0 Å². The minimum Gasteiger partial charge on any atom is -0.453 e. The topological polar surface area (TPSA) is 72.6 Å². The third kappa shape index (κ3) is 3.97. The Morgan fingerprint density at radius 1 is 1.13 bits per heavy atom. The van der Waals surface area contributed by atoms with Crippen LogP contribution in [0.1, 0.15) is 35.7 Å². The molecule has 4 aromatic rings. The number of ether oxygens (including phenoxy) is 1. The van der Waals surface area contributed by atoms with Gasteiger partial charge >= 0.3 is 5.97 Å². The van der Waals surface area contributed by atoms with Crippen molar-refractivity contribution in [3.8, 4) is 0 Å². The van der Waals surface area contributed by atoms with Crippen molar-refractivity contribution in [3.63, 3.8) is 0 Å². The van der Waals surface area contributed by atoms with Gasteiger partial charge in [0.25, 0.3) is 0 Å². The molecule has 6 nitrogen and oxygen atoms in total. The Labute approximate surface area is 177 Å². The van der Waals surface area contributed by atoms with Crippen molar-refractivity contribution in [1.82, 2.24) is 4.98 Å². The number of hydrogen-bond acceptors (Lipinski definition) is 6.